The summed E-state index contributed by atoms with van der Waals surface area (Å²) in [5.74, 6) is -0.586. The lowest BCUT2D eigenvalue weighted by atomic mass is 10.6. The van der Waals surface area contributed by atoms with Gasteiger partial charge in [-0.15, -0.1) is 0 Å². The van der Waals surface area contributed by atoms with Crippen LogP contribution in [0.5, 0.6) is 0 Å². The minimum Gasteiger partial charge on any atom is -0.370 e. The van der Waals surface area contributed by atoms with E-state index in [1.54, 1.807) is 0 Å². The Morgan fingerprint density at radius 2 is 2.00 bits per heavy atom. The first-order chi connectivity index (χ1) is 4.33. The number of hydrogen-bond acceptors (Lipinski definition) is 1. The number of nitrogens with one attached hydrogen (secondary N) is 1. The molecule has 0 heterocycles. The molecule has 0 aromatic carbocycles. The Balaban J connectivity index is 3.80. The second-order valence-electron chi connectivity index (χ2n) is 1.86. The lowest BCUT2D eigenvalue weighted by molar-refractivity contribution is -0.135. The number of guanidine groups is 1. The van der Waals surface area contributed by atoms with Gasteiger partial charge in [0, 0.05) is 7.05 Å². The molecule has 0 saturated heterocycles. The van der Waals surface area contributed by atoms with E-state index < -0.39 is 18.7 Å². The summed E-state index contributed by atoms with van der Waals surface area (Å²) in [5.41, 5.74) is 4.75. The number of nitrogens with two attached hydrogens (primary N) is 1. The van der Waals surface area contributed by atoms with Crippen molar-refractivity contribution in [1.29, 1.82) is 5.41 Å². The van der Waals surface area contributed by atoms with Gasteiger partial charge >= 0.3 is 6.18 Å². The van der Waals surface area contributed by atoms with Gasteiger partial charge in [-0.1, -0.05) is 0 Å². The summed E-state index contributed by atoms with van der Waals surface area (Å²) >= 11 is 0. The van der Waals surface area contributed by atoms with Crippen molar-refractivity contribution in [3.8, 4) is 0 Å². The molecule has 60 valence electrons. The standard InChI is InChI=1S/C4H8F3N3/c1-10(3(8)9)2-4(5,6)7/h2H2,1H3,(H3,8,9). The zero-order valence-electron chi connectivity index (χ0n) is 5.37. The largest absolute Gasteiger partial charge is 0.406 e. The molecule has 0 rings (SSSR count). The molecule has 0 amide bonds. The van der Waals surface area contributed by atoms with Gasteiger partial charge in [0.2, 0.25) is 0 Å². The van der Waals surface area contributed by atoms with Crippen molar-refractivity contribution in [2.75, 3.05) is 13.6 Å². The van der Waals surface area contributed by atoms with Crippen LogP contribution < -0.4 is 5.73 Å². The van der Waals surface area contributed by atoms with E-state index in [0.717, 1.165) is 7.05 Å². The monoisotopic (exact) mass is 155 g/mol. The van der Waals surface area contributed by atoms with Gasteiger partial charge in [-0.25, -0.2) is 0 Å². The maximum atomic E-state index is 11.5. The quantitative estimate of drug-likeness (QED) is 0.424. The summed E-state index contributed by atoms with van der Waals surface area (Å²) in [7, 11) is 1.11. The molecule has 0 bridgehead atoms. The van der Waals surface area contributed by atoms with Crippen LogP contribution in [0.15, 0.2) is 0 Å². The minimum atomic E-state index is -4.29. The summed E-state index contributed by atoms with van der Waals surface area (Å²) in [6.45, 7) is -1.18. The Labute approximate surface area is 56.1 Å². The average Bonchev–Trinajstić information content (AvgIpc) is 1.60. The van der Waals surface area contributed by atoms with Gasteiger partial charge in [0.25, 0.3) is 0 Å². The molecule has 0 radical (unpaired) electrons. The summed E-state index contributed by atoms with van der Waals surface area (Å²) in [4.78, 5) is 0.611. The summed E-state index contributed by atoms with van der Waals surface area (Å²) < 4.78 is 34.4. The van der Waals surface area contributed by atoms with E-state index in [-0.39, 0.29) is 0 Å². The van der Waals surface area contributed by atoms with Crippen molar-refractivity contribution < 1.29 is 13.2 Å². The van der Waals surface area contributed by atoms with Gasteiger partial charge < -0.3 is 10.6 Å². The van der Waals surface area contributed by atoms with E-state index in [1.165, 1.54) is 0 Å². The lowest BCUT2D eigenvalue weighted by Crippen LogP contribution is -2.39. The third kappa shape index (κ3) is 3.99. The van der Waals surface area contributed by atoms with Crippen LogP contribution in [0, 0.1) is 5.41 Å². The van der Waals surface area contributed by atoms with Crippen LogP contribution in [-0.2, 0) is 0 Å². The Kier molecular flexibility index (Phi) is 2.50. The molecule has 0 saturated carbocycles. The number of hydrogen-bond donors (Lipinski definition) is 2. The smallest absolute Gasteiger partial charge is 0.370 e. The highest BCUT2D eigenvalue weighted by atomic mass is 19.4. The van der Waals surface area contributed by atoms with E-state index in [0.29, 0.717) is 4.90 Å². The number of alkyl halides is 3. The van der Waals surface area contributed by atoms with E-state index in [1.807, 2.05) is 0 Å². The van der Waals surface area contributed by atoms with Crippen LogP contribution in [0.1, 0.15) is 0 Å². The van der Waals surface area contributed by atoms with Crippen molar-refractivity contribution in [3.63, 3.8) is 0 Å². The van der Waals surface area contributed by atoms with E-state index >= 15 is 0 Å². The predicted molar refractivity (Wildman–Crippen MR) is 30.6 cm³/mol. The van der Waals surface area contributed by atoms with Gasteiger partial charge in [0.15, 0.2) is 5.96 Å². The highest BCUT2D eigenvalue weighted by Crippen LogP contribution is 2.14. The van der Waals surface area contributed by atoms with Crippen LogP contribution in [0.2, 0.25) is 0 Å². The molecule has 0 aliphatic carbocycles. The minimum absolute atomic E-state index is 0.586. The molecular formula is C4H8F3N3. The normalized spacial score (nSPS) is 11.2. The first kappa shape index (κ1) is 9.06. The number of halogens is 3. The fraction of sp³-hybridized carbons (Fsp3) is 0.750. The second-order valence-corrected chi connectivity index (χ2v) is 1.86. The van der Waals surface area contributed by atoms with Crippen molar-refractivity contribution >= 4 is 5.96 Å². The third-order valence-corrected chi connectivity index (χ3v) is 0.828. The van der Waals surface area contributed by atoms with Crippen LogP contribution in [-0.4, -0.2) is 30.6 Å². The van der Waals surface area contributed by atoms with E-state index in [4.69, 9.17) is 11.1 Å². The molecule has 0 unspecified atom stereocenters. The molecule has 0 fully saturated rings. The highest BCUT2D eigenvalue weighted by Gasteiger charge is 2.29. The Morgan fingerprint density at radius 3 is 2.10 bits per heavy atom. The van der Waals surface area contributed by atoms with Crippen LogP contribution >= 0.6 is 0 Å². The molecule has 0 aliphatic heterocycles. The maximum Gasteiger partial charge on any atom is 0.406 e. The predicted octanol–water partition coefficient (Wildman–Crippen LogP) is 0.374. The van der Waals surface area contributed by atoms with Crippen LogP contribution in [0.25, 0.3) is 0 Å². The number of nitrogens with zero attached hydrogens (tertiary/aromatic N) is 1. The van der Waals surface area contributed by atoms with Gasteiger partial charge in [0.05, 0.1) is 0 Å². The molecule has 0 aromatic heterocycles. The third-order valence-electron chi connectivity index (χ3n) is 0.828. The fourth-order valence-corrected chi connectivity index (χ4v) is 0.354. The van der Waals surface area contributed by atoms with E-state index in [2.05, 4.69) is 0 Å². The maximum absolute atomic E-state index is 11.5. The van der Waals surface area contributed by atoms with Crippen molar-refractivity contribution in [3.05, 3.63) is 0 Å². The molecule has 6 heteroatoms. The van der Waals surface area contributed by atoms with Gasteiger partial charge in [-0.2, -0.15) is 13.2 Å². The van der Waals surface area contributed by atoms with Crippen molar-refractivity contribution in [2.24, 2.45) is 5.73 Å². The highest BCUT2D eigenvalue weighted by molar-refractivity contribution is 5.74. The number of rotatable bonds is 1. The molecule has 3 nitrogen and oxygen atoms in total. The van der Waals surface area contributed by atoms with Gasteiger partial charge in [0.1, 0.15) is 6.54 Å². The van der Waals surface area contributed by atoms with Crippen molar-refractivity contribution in [2.45, 2.75) is 6.18 Å². The Morgan fingerprint density at radius 1 is 1.60 bits per heavy atom. The molecule has 0 aliphatic rings. The van der Waals surface area contributed by atoms with Crippen molar-refractivity contribution in [1.82, 2.24) is 4.90 Å². The molecule has 0 atom stereocenters. The summed E-state index contributed by atoms with van der Waals surface area (Å²) in [6, 6.07) is 0. The van der Waals surface area contributed by atoms with Crippen LogP contribution in [0.3, 0.4) is 0 Å². The molecular weight excluding hydrogens is 147 g/mol. The molecule has 3 N–H and O–H groups in total. The fourth-order valence-electron chi connectivity index (χ4n) is 0.354. The van der Waals surface area contributed by atoms with Crippen LogP contribution in [0.4, 0.5) is 13.2 Å². The Hall–Kier alpha value is -0.940. The average molecular weight is 155 g/mol. The van der Waals surface area contributed by atoms with Gasteiger partial charge in [-0.3, -0.25) is 5.41 Å². The zero-order valence-corrected chi connectivity index (χ0v) is 5.37. The first-order valence-electron chi connectivity index (χ1n) is 2.45. The topological polar surface area (TPSA) is 53.1 Å². The molecule has 10 heavy (non-hydrogen) atoms. The van der Waals surface area contributed by atoms with Gasteiger partial charge in [-0.05, 0) is 0 Å². The summed E-state index contributed by atoms with van der Waals surface area (Å²) in [5, 5.41) is 6.58. The Bertz CT molecular complexity index is 130. The first-order valence-corrected chi connectivity index (χ1v) is 2.45. The van der Waals surface area contributed by atoms with E-state index in [9.17, 15) is 13.2 Å². The summed E-state index contributed by atoms with van der Waals surface area (Å²) in [6.07, 6.45) is -4.29. The molecule has 0 aromatic rings. The lowest BCUT2D eigenvalue weighted by Gasteiger charge is -2.17. The SMILES string of the molecule is CN(CC(F)(F)F)C(=N)N. The molecule has 0 spiro atoms. The zero-order chi connectivity index (χ0) is 8.36. The second kappa shape index (κ2) is 2.76.